The molecule has 5 heteroatoms. The maximum Gasteiger partial charge on any atom is 0.156 e. The van der Waals surface area contributed by atoms with Crippen molar-refractivity contribution >= 4 is 49.1 Å². The second-order valence-electron chi connectivity index (χ2n) is 4.63. The second-order valence-corrected chi connectivity index (χ2v) is 6.78. The summed E-state index contributed by atoms with van der Waals surface area (Å²) in [4.78, 5) is 0. The number of hydrogen-bond donors (Lipinski definition) is 1. The predicted molar refractivity (Wildman–Crippen MR) is 96.5 cm³/mol. The van der Waals surface area contributed by atoms with E-state index in [0.717, 1.165) is 20.4 Å². The molecule has 0 amide bonds. The van der Waals surface area contributed by atoms with Gasteiger partial charge in [0.15, 0.2) is 5.75 Å². The van der Waals surface area contributed by atoms with E-state index in [4.69, 9.17) is 16.3 Å². The molecule has 0 bridgehead atoms. The first-order valence-electron chi connectivity index (χ1n) is 6.62. The molecule has 0 atom stereocenters. The first-order valence-corrected chi connectivity index (χ1v) is 8.58. The summed E-state index contributed by atoms with van der Waals surface area (Å²) in [7, 11) is 0. The van der Waals surface area contributed by atoms with E-state index in [9.17, 15) is 0 Å². The van der Waals surface area contributed by atoms with Crippen LogP contribution in [0.25, 0.3) is 0 Å². The van der Waals surface area contributed by atoms with E-state index >= 15 is 0 Å². The summed E-state index contributed by atoms with van der Waals surface area (Å²) < 4.78 is 7.64. The van der Waals surface area contributed by atoms with Crippen LogP contribution in [-0.2, 0) is 6.54 Å². The molecule has 2 aromatic carbocycles. The second kappa shape index (κ2) is 7.52. The number of rotatable bonds is 5. The van der Waals surface area contributed by atoms with E-state index in [1.165, 1.54) is 11.1 Å². The monoisotopic (exact) mass is 431 g/mol. The molecular weight excluding hydrogens is 417 g/mol. The summed E-state index contributed by atoms with van der Waals surface area (Å²) in [6.07, 6.45) is 0. The Hall–Kier alpha value is -0.710. The Morgan fingerprint density at radius 2 is 1.90 bits per heavy atom. The Bertz CT molecular complexity index is 646. The molecule has 0 aromatic heterocycles. The average Bonchev–Trinajstić information content (AvgIpc) is 2.43. The highest BCUT2D eigenvalue weighted by Crippen LogP contribution is 2.37. The van der Waals surface area contributed by atoms with E-state index < -0.39 is 0 Å². The van der Waals surface area contributed by atoms with Crippen molar-refractivity contribution in [2.24, 2.45) is 0 Å². The topological polar surface area (TPSA) is 21.3 Å². The van der Waals surface area contributed by atoms with Crippen molar-refractivity contribution in [2.45, 2.75) is 20.4 Å². The molecule has 0 saturated carbocycles. The van der Waals surface area contributed by atoms with Crippen LogP contribution in [0.3, 0.4) is 0 Å². The number of anilines is 1. The van der Waals surface area contributed by atoms with Crippen LogP contribution in [0, 0.1) is 6.92 Å². The summed E-state index contributed by atoms with van der Waals surface area (Å²) in [6, 6.07) is 10.0. The molecule has 0 aliphatic heterocycles. The third-order valence-electron chi connectivity index (χ3n) is 3.02. The molecule has 0 spiro atoms. The molecule has 1 N–H and O–H groups in total. The Labute approximate surface area is 147 Å². The minimum Gasteiger partial charge on any atom is -0.491 e. The molecule has 2 rings (SSSR count). The Morgan fingerprint density at radius 1 is 1.14 bits per heavy atom. The van der Waals surface area contributed by atoms with Gasteiger partial charge in [0.25, 0.3) is 0 Å². The van der Waals surface area contributed by atoms with Crippen LogP contribution in [0.15, 0.2) is 39.3 Å². The Balaban J connectivity index is 2.20. The number of halogens is 3. The van der Waals surface area contributed by atoms with Crippen molar-refractivity contribution in [3.05, 3.63) is 55.4 Å². The molecule has 0 fully saturated rings. The van der Waals surface area contributed by atoms with Gasteiger partial charge in [-0.25, -0.2) is 0 Å². The Kier molecular flexibility index (Phi) is 5.97. The minimum absolute atomic E-state index is 0.602. The summed E-state index contributed by atoms with van der Waals surface area (Å²) >= 11 is 13.2. The maximum atomic E-state index is 6.12. The molecule has 112 valence electrons. The zero-order valence-corrected chi connectivity index (χ0v) is 15.8. The van der Waals surface area contributed by atoms with Crippen LogP contribution in [-0.4, -0.2) is 6.61 Å². The van der Waals surface area contributed by atoms with Crippen LogP contribution >= 0.6 is 43.5 Å². The molecule has 0 unspecified atom stereocenters. The average molecular weight is 434 g/mol. The van der Waals surface area contributed by atoms with Crippen LogP contribution in [0.4, 0.5) is 5.69 Å². The predicted octanol–water partition coefficient (Wildman–Crippen LogP) is 6.18. The van der Waals surface area contributed by atoms with Crippen molar-refractivity contribution in [1.82, 2.24) is 0 Å². The number of ether oxygens (including phenoxy) is 1. The molecular formula is C16H16Br2ClNO. The molecule has 2 nitrogen and oxygen atoms in total. The van der Waals surface area contributed by atoms with Gasteiger partial charge in [0.05, 0.1) is 16.8 Å². The number of aryl methyl sites for hydroxylation is 1. The van der Waals surface area contributed by atoms with Crippen LogP contribution < -0.4 is 10.1 Å². The van der Waals surface area contributed by atoms with Gasteiger partial charge < -0.3 is 10.1 Å². The van der Waals surface area contributed by atoms with Crippen molar-refractivity contribution < 1.29 is 4.74 Å². The van der Waals surface area contributed by atoms with Gasteiger partial charge in [0.1, 0.15) is 0 Å². The highest BCUT2D eigenvalue weighted by atomic mass is 79.9. The Morgan fingerprint density at radius 3 is 2.57 bits per heavy atom. The molecule has 21 heavy (non-hydrogen) atoms. The third kappa shape index (κ3) is 4.38. The highest BCUT2D eigenvalue weighted by Gasteiger charge is 2.10. The van der Waals surface area contributed by atoms with Gasteiger partial charge in [-0.3, -0.25) is 0 Å². The van der Waals surface area contributed by atoms with Gasteiger partial charge in [-0.2, -0.15) is 0 Å². The van der Waals surface area contributed by atoms with Crippen molar-refractivity contribution in [1.29, 1.82) is 0 Å². The van der Waals surface area contributed by atoms with Crippen molar-refractivity contribution in [3.8, 4) is 5.75 Å². The van der Waals surface area contributed by atoms with Crippen molar-refractivity contribution in [2.75, 3.05) is 11.9 Å². The lowest BCUT2D eigenvalue weighted by Crippen LogP contribution is -2.03. The maximum absolute atomic E-state index is 6.12. The quantitative estimate of drug-likeness (QED) is 0.608. The summed E-state index contributed by atoms with van der Waals surface area (Å²) in [5.41, 5.74) is 3.29. The van der Waals surface area contributed by atoms with E-state index in [1.54, 1.807) is 0 Å². The number of benzene rings is 2. The largest absolute Gasteiger partial charge is 0.491 e. The fraction of sp³-hybridized carbons (Fsp3) is 0.250. The lowest BCUT2D eigenvalue weighted by atomic mass is 10.1. The number of nitrogens with one attached hydrogen (secondary N) is 1. The fourth-order valence-electron chi connectivity index (χ4n) is 1.93. The van der Waals surface area contributed by atoms with Crippen LogP contribution in [0.2, 0.25) is 5.02 Å². The normalized spacial score (nSPS) is 10.5. The summed E-state index contributed by atoms with van der Waals surface area (Å²) in [5, 5.41) is 4.05. The molecule has 0 radical (unpaired) electrons. The minimum atomic E-state index is 0.602. The third-order valence-corrected chi connectivity index (χ3v) is 4.68. The standard InChI is InChI=1S/C16H16Br2ClNO/c1-3-21-16-14(18)7-12(19)8-15(16)20-9-11-5-4-10(2)13(17)6-11/h4-8,20H,3,9H2,1-2H3. The molecule has 0 heterocycles. The number of hydrogen-bond acceptors (Lipinski definition) is 2. The molecule has 0 aliphatic rings. The van der Waals surface area contributed by atoms with E-state index in [2.05, 4.69) is 62.3 Å². The smallest absolute Gasteiger partial charge is 0.156 e. The molecule has 0 saturated heterocycles. The zero-order chi connectivity index (χ0) is 15.4. The van der Waals surface area contributed by atoms with Gasteiger partial charge in [0, 0.05) is 16.0 Å². The van der Waals surface area contributed by atoms with Gasteiger partial charge in [-0.15, -0.1) is 0 Å². The van der Waals surface area contributed by atoms with E-state index in [0.29, 0.717) is 18.2 Å². The summed E-state index contributed by atoms with van der Waals surface area (Å²) in [5.74, 6) is 0.785. The van der Waals surface area contributed by atoms with E-state index in [1.807, 2.05) is 19.1 Å². The molecule has 2 aromatic rings. The van der Waals surface area contributed by atoms with Gasteiger partial charge in [-0.1, -0.05) is 39.7 Å². The van der Waals surface area contributed by atoms with Crippen molar-refractivity contribution in [3.63, 3.8) is 0 Å². The van der Waals surface area contributed by atoms with Gasteiger partial charge in [0.2, 0.25) is 0 Å². The van der Waals surface area contributed by atoms with E-state index in [-0.39, 0.29) is 0 Å². The first-order chi connectivity index (χ1) is 10.0. The van der Waals surface area contributed by atoms with Crippen LogP contribution in [0.5, 0.6) is 5.75 Å². The van der Waals surface area contributed by atoms with Crippen LogP contribution in [0.1, 0.15) is 18.1 Å². The fourth-order valence-corrected chi connectivity index (χ4v) is 3.28. The van der Waals surface area contributed by atoms with Gasteiger partial charge in [-0.05, 0) is 59.1 Å². The zero-order valence-electron chi connectivity index (χ0n) is 11.8. The van der Waals surface area contributed by atoms with Gasteiger partial charge >= 0.3 is 0 Å². The summed E-state index contributed by atoms with van der Waals surface area (Å²) in [6.45, 7) is 5.33. The lowest BCUT2D eigenvalue weighted by molar-refractivity contribution is 0.339. The highest BCUT2D eigenvalue weighted by molar-refractivity contribution is 9.10. The first kappa shape index (κ1) is 16.7. The molecule has 0 aliphatic carbocycles. The SMILES string of the molecule is CCOc1c(Br)cc(Cl)cc1NCc1ccc(C)c(Br)c1. The lowest BCUT2D eigenvalue weighted by Gasteiger charge is -2.15.